The summed E-state index contributed by atoms with van der Waals surface area (Å²) in [5.74, 6) is -1.41. The standard InChI is InChI=1S/C7H9ClN2O4S/c1-3-10-4(2)6(15(8,13)14)5(9-10)7(11)12/h3H2,1-2H3,(H,11,12). The summed E-state index contributed by atoms with van der Waals surface area (Å²) in [6.07, 6.45) is 0. The SMILES string of the molecule is CCn1nc(C(=O)O)c(S(=O)(=O)Cl)c1C. The lowest BCUT2D eigenvalue weighted by Crippen LogP contribution is -2.04. The lowest BCUT2D eigenvalue weighted by Gasteiger charge is -1.98. The van der Waals surface area contributed by atoms with Crippen molar-refractivity contribution in [1.29, 1.82) is 0 Å². The fraction of sp³-hybridized carbons (Fsp3) is 0.429. The molecule has 0 spiro atoms. The Labute approximate surface area is 90.9 Å². The van der Waals surface area contributed by atoms with Crippen LogP contribution in [0.25, 0.3) is 0 Å². The van der Waals surface area contributed by atoms with Crippen molar-refractivity contribution in [2.24, 2.45) is 0 Å². The van der Waals surface area contributed by atoms with E-state index in [0.29, 0.717) is 6.54 Å². The molecule has 0 amide bonds. The van der Waals surface area contributed by atoms with Crippen molar-refractivity contribution in [2.45, 2.75) is 25.3 Å². The van der Waals surface area contributed by atoms with Gasteiger partial charge in [0, 0.05) is 17.2 Å². The third-order valence-corrected chi connectivity index (χ3v) is 3.34. The minimum atomic E-state index is -4.09. The Hall–Kier alpha value is -1.08. The lowest BCUT2D eigenvalue weighted by atomic mass is 10.4. The van der Waals surface area contributed by atoms with Gasteiger partial charge in [0.1, 0.15) is 4.90 Å². The van der Waals surface area contributed by atoms with Gasteiger partial charge < -0.3 is 5.11 Å². The van der Waals surface area contributed by atoms with Gasteiger partial charge in [-0.25, -0.2) is 13.2 Å². The molecule has 0 aliphatic rings. The average molecular weight is 253 g/mol. The van der Waals surface area contributed by atoms with Crippen molar-refractivity contribution in [2.75, 3.05) is 0 Å². The summed E-state index contributed by atoms with van der Waals surface area (Å²) in [5, 5.41) is 12.4. The van der Waals surface area contributed by atoms with E-state index in [4.69, 9.17) is 15.8 Å². The molecule has 15 heavy (non-hydrogen) atoms. The third kappa shape index (κ3) is 2.13. The molecule has 0 unspecified atom stereocenters. The van der Waals surface area contributed by atoms with Gasteiger partial charge in [0.2, 0.25) is 0 Å². The second kappa shape index (κ2) is 3.82. The van der Waals surface area contributed by atoms with E-state index in [1.54, 1.807) is 6.92 Å². The lowest BCUT2D eigenvalue weighted by molar-refractivity contribution is 0.0685. The van der Waals surface area contributed by atoms with E-state index in [1.165, 1.54) is 11.6 Å². The molecule has 0 bridgehead atoms. The Morgan fingerprint density at radius 1 is 1.60 bits per heavy atom. The number of carbonyl (C=O) groups is 1. The number of carboxylic acid groups (broad SMARTS) is 1. The Morgan fingerprint density at radius 2 is 2.13 bits per heavy atom. The van der Waals surface area contributed by atoms with E-state index in [0.717, 1.165) is 0 Å². The number of rotatable bonds is 3. The number of hydrogen-bond acceptors (Lipinski definition) is 4. The van der Waals surface area contributed by atoms with Gasteiger partial charge in [-0.05, 0) is 13.8 Å². The van der Waals surface area contributed by atoms with Crippen molar-refractivity contribution in [1.82, 2.24) is 9.78 Å². The van der Waals surface area contributed by atoms with Crippen molar-refractivity contribution in [3.63, 3.8) is 0 Å². The zero-order chi connectivity index (χ0) is 11.8. The number of halogens is 1. The summed E-state index contributed by atoms with van der Waals surface area (Å²) in [6.45, 7) is 3.55. The first-order valence-electron chi connectivity index (χ1n) is 4.04. The number of aryl methyl sites for hydroxylation is 1. The third-order valence-electron chi connectivity index (χ3n) is 1.90. The van der Waals surface area contributed by atoms with Crippen molar-refractivity contribution in [3.05, 3.63) is 11.4 Å². The predicted molar refractivity (Wildman–Crippen MR) is 52.6 cm³/mol. The van der Waals surface area contributed by atoms with E-state index in [2.05, 4.69) is 5.10 Å². The minimum absolute atomic E-state index is 0.227. The maximum Gasteiger partial charge on any atom is 0.357 e. The molecule has 1 N–H and O–H groups in total. The number of aromatic carboxylic acids is 1. The van der Waals surface area contributed by atoms with Gasteiger partial charge in [-0.15, -0.1) is 0 Å². The quantitative estimate of drug-likeness (QED) is 0.805. The molecule has 84 valence electrons. The summed E-state index contributed by atoms with van der Waals surface area (Å²) < 4.78 is 23.6. The molecule has 0 aliphatic heterocycles. The molecule has 0 saturated carbocycles. The highest BCUT2D eigenvalue weighted by atomic mass is 35.7. The molecule has 6 nitrogen and oxygen atoms in total. The van der Waals surface area contributed by atoms with E-state index in [1.807, 2.05) is 0 Å². The zero-order valence-electron chi connectivity index (χ0n) is 8.06. The molecule has 1 aromatic heterocycles. The maximum atomic E-state index is 11.2. The highest BCUT2D eigenvalue weighted by Crippen LogP contribution is 2.23. The molecule has 1 rings (SSSR count). The van der Waals surface area contributed by atoms with E-state index >= 15 is 0 Å². The first-order chi connectivity index (χ1) is 6.79. The van der Waals surface area contributed by atoms with Gasteiger partial charge in [0.15, 0.2) is 5.69 Å². The van der Waals surface area contributed by atoms with Crippen LogP contribution in [0.3, 0.4) is 0 Å². The van der Waals surface area contributed by atoms with E-state index in [9.17, 15) is 13.2 Å². The second-order valence-electron chi connectivity index (χ2n) is 2.82. The Morgan fingerprint density at radius 3 is 2.40 bits per heavy atom. The summed E-state index contributed by atoms with van der Waals surface area (Å²) in [5.41, 5.74) is -0.311. The Bertz CT molecular complexity index is 505. The van der Waals surface area contributed by atoms with Crippen molar-refractivity contribution >= 4 is 25.7 Å². The summed E-state index contributed by atoms with van der Waals surface area (Å²) in [4.78, 5) is 10.3. The first-order valence-corrected chi connectivity index (χ1v) is 6.35. The molecule has 1 aromatic rings. The average Bonchev–Trinajstić information content (AvgIpc) is 2.41. The number of carboxylic acids is 1. The van der Waals surface area contributed by atoms with Gasteiger partial charge in [-0.3, -0.25) is 4.68 Å². The molecule has 0 aliphatic carbocycles. The molecular formula is C7H9ClN2O4S. The van der Waals surface area contributed by atoms with Crippen LogP contribution in [0, 0.1) is 6.92 Å². The molecule has 0 fully saturated rings. The van der Waals surface area contributed by atoms with Crippen LogP contribution in [0.5, 0.6) is 0 Å². The highest BCUT2D eigenvalue weighted by molar-refractivity contribution is 8.13. The highest BCUT2D eigenvalue weighted by Gasteiger charge is 2.28. The number of nitrogens with zero attached hydrogens (tertiary/aromatic N) is 2. The topological polar surface area (TPSA) is 89.3 Å². The Kier molecular flexibility index (Phi) is 3.05. The van der Waals surface area contributed by atoms with Crippen LogP contribution in [-0.4, -0.2) is 29.3 Å². The van der Waals surface area contributed by atoms with Gasteiger partial charge in [-0.2, -0.15) is 5.10 Å². The monoisotopic (exact) mass is 252 g/mol. The van der Waals surface area contributed by atoms with Crippen LogP contribution in [0.1, 0.15) is 23.1 Å². The largest absolute Gasteiger partial charge is 0.476 e. The molecular weight excluding hydrogens is 244 g/mol. The minimum Gasteiger partial charge on any atom is -0.476 e. The Balaban J connectivity index is 3.61. The van der Waals surface area contributed by atoms with Crippen LogP contribution in [0.4, 0.5) is 0 Å². The summed E-state index contributed by atoms with van der Waals surface area (Å²) >= 11 is 0. The normalized spacial score (nSPS) is 11.7. The zero-order valence-corrected chi connectivity index (χ0v) is 9.63. The summed E-state index contributed by atoms with van der Waals surface area (Å²) in [6, 6.07) is 0. The molecule has 0 aromatic carbocycles. The number of hydrogen-bond donors (Lipinski definition) is 1. The summed E-state index contributed by atoms with van der Waals surface area (Å²) in [7, 11) is 1.05. The molecule has 8 heteroatoms. The van der Waals surface area contributed by atoms with Crippen LogP contribution in [-0.2, 0) is 15.6 Å². The fourth-order valence-electron chi connectivity index (χ4n) is 1.27. The van der Waals surface area contributed by atoms with Gasteiger partial charge in [-0.1, -0.05) is 0 Å². The van der Waals surface area contributed by atoms with Crippen LogP contribution < -0.4 is 0 Å². The second-order valence-corrected chi connectivity index (χ2v) is 5.32. The number of aromatic nitrogens is 2. The molecule has 1 heterocycles. The fourth-order valence-corrected chi connectivity index (χ4v) is 2.64. The predicted octanol–water partition coefficient (Wildman–Crippen LogP) is 0.837. The van der Waals surface area contributed by atoms with Gasteiger partial charge in [0.25, 0.3) is 9.05 Å². The van der Waals surface area contributed by atoms with Crippen molar-refractivity contribution in [3.8, 4) is 0 Å². The van der Waals surface area contributed by atoms with Crippen LogP contribution >= 0.6 is 10.7 Å². The van der Waals surface area contributed by atoms with E-state index in [-0.39, 0.29) is 5.69 Å². The van der Waals surface area contributed by atoms with Gasteiger partial charge in [0.05, 0.1) is 5.69 Å². The molecule has 0 saturated heterocycles. The van der Waals surface area contributed by atoms with Crippen LogP contribution in [0.15, 0.2) is 4.90 Å². The molecule has 0 radical (unpaired) electrons. The smallest absolute Gasteiger partial charge is 0.357 e. The van der Waals surface area contributed by atoms with Gasteiger partial charge >= 0.3 is 5.97 Å². The first kappa shape index (κ1) is 12.0. The van der Waals surface area contributed by atoms with Crippen LogP contribution in [0.2, 0.25) is 0 Å². The van der Waals surface area contributed by atoms with Crippen molar-refractivity contribution < 1.29 is 18.3 Å². The van der Waals surface area contributed by atoms with E-state index < -0.39 is 25.6 Å². The maximum absolute atomic E-state index is 11.2. The molecule has 0 atom stereocenters.